The third-order valence-corrected chi connectivity index (χ3v) is 19.1. The number of amides is 1. The van der Waals surface area contributed by atoms with Crippen LogP contribution in [0.4, 0.5) is 9.59 Å². The van der Waals surface area contributed by atoms with E-state index in [4.69, 9.17) is 33.2 Å². The minimum absolute atomic E-state index is 0.0838. The molecule has 2 saturated heterocycles. The van der Waals surface area contributed by atoms with Crippen LogP contribution in [0, 0.1) is 17.8 Å². The summed E-state index contributed by atoms with van der Waals surface area (Å²) in [6, 6.07) is 29.3. The predicted octanol–water partition coefficient (Wildman–Crippen LogP) is 7.70. The van der Waals surface area contributed by atoms with Crippen molar-refractivity contribution in [1.29, 1.82) is 0 Å². The molecule has 5 aliphatic rings. The van der Waals surface area contributed by atoms with E-state index in [1.807, 2.05) is 110 Å². The van der Waals surface area contributed by atoms with Gasteiger partial charge in [-0.25, -0.2) is 9.59 Å². The molecular weight excluding hydrogens is 1270 g/mol. The molecule has 9 rings (SSSR count). The van der Waals surface area contributed by atoms with Crippen LogP contribution in [0.25, 0.3) is 22.3 Å². The normalized spacial score (nSPS) is 34.6. The van der Waals surface area contributed by atoms with E-state index in [2.05, 4.69) is 5.32 Å². The molecule has 2 fully saturated rings. The number of carbonyl (C=O) groups excluding carboxylic acids is 4. The van der Waals surface area contributed by atoms with Crippen molar-refractivity contribution >= 4 is 24.2 Å². The molecule has 3 aliphatic heterocycles. The van der Waals surface area contributed by atoms with Gasteiger partial charge in [-0.2, -0.15) is 0 Å². The summed E-state index contributed by atoms with van der Waals surface area (Å²) >= 11 is 0. The molecule has 4 aromatic rings. The maximum atomic E-state index is 14.5. The fourth-order valence-electron chi connectivity index (χ4n) is 13.6. The molecule has 11 N–H and O–H groups in total. The lowest BCUT2D eigenvalue weighted by Gasteiger charge is -2.45. The molecule has 19 atom stereocenters. The molecule has 0 radical (unpaired) electrons. The number of benzene rings is 4. The number of aliphatic hydroxyl groups excluding tert-OH is 9. The number of cyclic esters (lactones) is 1. The molecule has 4 aromatic carbocycles. The fraction of sp³-hybridized carbons (Fsp3) is 0.455. The Balaban J connectivity index is 0.962. The van der Waals surface area contributed by atoms with Gasteiger partial charge in [0.05, 0.1) is 73.5 Å². The smallest absolute Gasteiger partial charge is 0.462 e. The molecule has 2 bridgehead atoms. The summed E-state index contributed by atoms with van der Waals surface area (Å²) < 4.78 is 41.2. The minimum Gasteiger partial charge on any atom is -0.462 e. The molecule has 22 nitrogen and oxygen atoms in total. The number of alkyl carbamates (subject to hydrolysis) is 1. The van der Waals surface area contributed by atoms with Crippen molar-refractivity contribution in [2.45, 2.75) is 188 Å². The molecule has 2 aliphatic carbocycles. The van der Waals surface area contributed by atoms with Crippen LogP contribution < -0.4 is 5.32 Å². The zero-order chi connectivity index (χ0) is 70.9. The first-order valence-electron chi connectivity index (χ1n) is 33.9. The number of fused-ring (bicyclic) bond motifs is 8. The van der Waals surface area contributed by atoms with Crippen LogP contribution in [0.3, 0.4) is 0 Å². The maximum absolute atomic E-state index is 14.5. The van der Waals surface area contributed by atoms with Crippen LogP contribution in [0.1, 0.15) is 113 Å². The highest BCUT2D eigenvalue weighted by atomic mass is 16.7. The van der Waals surface area contributed by atoms with E-state index in [9.17, 15) is 70.2 Å². The highest BCUT2D eigenvalue weighted by molar-refractivity contribution is 5.85. The van der Waals surface area contributed by atoms with Crippen LogP contribution in [0.5, 0.6) is 0 Å². The quantitative estimate of drug-likeness (QED) is 0.0457. The molecule has 0 spiro atoms. The second-order valence-corrected chi connectivity index (χ2v) is 26.4. The lowest BCUT2D eigenvalue weighted by molar-refractivity contribution is -0.309. The monoisotopic (exact) mass is 1370 g/mol. The Bertz CT molecular complexity index is 3490. The average Bonchev–Trinajstić information content (AvgIpc) is 1.68. The van der Waals surface area contributed by atoms with Gasteiger partial charge in [0.2, 0.25) is 0 Å². The second-order valence-electron chi connectivity index (χ2n) is 26.4. The first-order valence-corrected chi connectivity index (χ1v) is 33.9. The second kappa shape index (κ2) is 35.5. The number of rotatable bonds is 8. The maximum Gasteiger partial charge on any atom is 0.516 e. The van der Waals surface area contributed by atoms with Crippen molar-refractivity contribution in [1.82, 2.24) is 5.32 Å². The minimum atomic E-state index is -2.52. The number of allylic oxidation sites excluding steroid dienone is 12. The van der Waals surface area contributed by atoms with Crippen molar-refractivity contribution < 1.29 is 103 Å². The third-order valence-electron chi connectivity index (χ3n) is 19.1. The van der Waals surface area contributed by atoms with Gasteiger partial charge in [0, 0.05) is 49.4 Å². The molecule has 0 aromatic heterocycles. The highest BCUT2D eigenvalue weighted by Crippen LogP contribution is 2.46. The van der Waals surface area contributed by atoms with E-state index in [0.717, 1.165) is 44.5 Å². The van der Waals surface area contributed by atoms with Crippen molar-refractivity contribution in [2.24, 2.45) is 17.8 Å². The van der Waals surface area contributed by atoms with Crippen LogP contribution in [-0.2, 0) is 42.7 Å². The predicted molar refractivity (Wildman–Crippen MR) is 365 cm³/mol. The van der Waals surface area contributed by atoms with E-state index in [1.165, 1.54) is 13.0 Å². The van der Waals surface area contributed by atoms with Gasteiger partial charge in [-0.05, 0) is 77.6 Å². The molecule has 22 heteroatoms. The zero-order valence-corrected chi connectivity index (χ0v) is 55.9. The largest absolute Gasteiger partial charge is 0.516 e. The molecule has 532 valence electrons. The molecule has 1 amide bonds. The Labute approximate surface area is 576 Å². The lowest BCUT2D eigenvalue weighted by atomic mass is 9.82. The third kappa shape index (κ3) is 20.0. The summed E-state index contributed by atoms with van der Waals surface area (Å²) in [5, 5.41) is 117. The van der Waals surface area contributed by atoms with Crippen molar-refractivity contribution in [2.75, 3.05) is 13.2 Å². The number of hydrogen-bond acceptors (Lipinski definition) is 21. The first kappa shape index (κ1) is 75.4. The van der Waals surface area contributed by atoms with E-state index < -0.39 is 172 Å². The van der Waals surface area contributed by atoms with Gasteiger partial charge in [-0.15, -0.1) is 0 Å². The summed E-state index contributed by atoms with van der Waals surface area (Å²) in [4.78, 5) is 54.8. The van der Waals surface area contributed by atoms with Gasteiger partial charge in [-0.3, -0.25) is 9.59 Å². The number of aliphatic hydroxyl groups is 10. The van der Waals surface area contributed by atoms with Gasteiger partial charge in [0.15, 0.2) is 12.1 Å². The zero-order valence-electron chi connectivity index (χ0n) is 55.9. The summed E-state index contributed by atoms with van der Waals surface area (Å²) in [7, 11) is 0. The topological polar surface area (TPSA) is 347 Å². The lowest BCUT2D eigenvalue weighted by Crippen LogP contribution is -2.64. The van der Waals surface area contributed by atoms with Crippen LogP contribution in [0.15, 0.2) is 182 Å². The van der Waals surface area contributed by atoms with Gasteiger partial charge in [0.25, 0.3) is 0 Å². The number of hydrogen-bond donors (Lipinski definition) is 11. The molecule has 0 saturated carbocycles. The van der Waals surface area contributed by atoms with E-state index in [0.29, 0.717) is 0 Å². The number of ether oxygens (including phenoxy) is 7. The van der Waals surface area contributed by atoms with Crippen molar-refractivity contribution in [3.63, 3.8) is 0 Å². The number of esters is 2. The number of nitrogens with one attached hydrogen (secondary N) is 1. The highest BCUT2D eigenvalue weighted by Gasteiger charge is 2.52. The van der Waals surface area contributed by atoms with Crippen LogP contribution >= 0.6 is 0 Å². The molecule has 99 heavy (non-hydrogen) atoms. The Morgan fingerprint density at radius 1 is 0.535 bits per heavy atom. The van der Waals surface area contributed by atoms with Gasteiger partial charge < -0.3 is 89.5 Å². The van der Waals surface area contributed by atoms with Crippen LogP contribution in [0.2, 0.25) is 0 Å². The summed E-state index contributed by atoms with van der Waals surface area (Å²) in [6.45, 7) is 6.36. The van der Waals surface area contributed by atoms with Crippen LogP contribution in [-0.4, -0.2) is 186 Å². The Kier molecular flexibility index (Phi) is 27.1. The van der Waals surface area contributed by atoms with E-state index in [-0.39, 0.29) is 44.3 Å². The summed E-state index contributed by atoms with van der Waals surface area (Å²) in [5.41, 5.74) is 7.57. The standard InChI is InChI=1S/C77H93NO21/c1-45-25-15-13-11-9-7-5-6-8-10-12-14-16-26-52(97-74-72(88)69(71(87)48(4)96-74)78-75(90)93-43-61-57-31-21-17-27-53(57)54-28-18-22-32-58(54)61)40-66-68(73(89)98-76(91)94-44-62-59-33-23-19-29-55(59)56-30-20-24-34-60(56)62)65(84)42-77(92,99-66)41-51(81)38-64(83)63(82)36-35-49(79)37-50(80)39-67(85)95-47(3)46(2)70(45)86/h5-34,45-52,61-66,68-72,74,79-84,86-88,92H,35-44H2,1-4H3,(H,78,90)/b6-5+,9-7+,10-8+,13-11+,14-12+,25-15+,26-16+/t45-,46-,47-,48+,49+,50+,51-,52-,63+,64+,65-,66-,68+,69-,70+,71+,72-,74-,77+/m0/s1. The number of carbonyl (C=O) groups is 4. The Hall–Kier alpha value is -7.78. The van der Waals surface area contributed by atoms with Crippen molar-refractivity contribution in [3.05, 3.63) is 204 Å². The summed E-state index contributed by atoms with van der Waals surface area (Å²) in [5.74, 6) is -7.95. The first-order chi connectivity index (χ1) is 47.5. The Morgan fingerprint density at radius 3 is 1.59 bits per heavy atom. The molecule has 0 unspecified atom stereocenters. The summed E-state index contributed by atoms with van der Waals surface area (Å²) in [6.07, 6.45) is -2.15. The van der Waals surface area contributed by atoms with Gasteiger partial charge in [-0.1, -0.05) is 196 Å². The molecular formula is C77H93NO21. The van der Waals surface area contributed by atoms with Gasteiger partial charge in [0.1, 0.15) is 37.4 Å². The SMILES string of the molecule is C[C@@H]1[C@H](O)[C@@H](C)/C=C/C=C/C=C/C=C/C=C/C=C/C=C/[C@H](O[C@@H]2O[C@H](C)[C@@H](O)[C@H](NC(=O)OCC3c4ccccc4-c4ccccc43)[C@@H]2O)C[C@@H]2O[C@](O)(C[C@@H](O)C[C@@H](O)[C@H](O)CC[C@@H](O)C[C@@H](O)CC(=O)O[C@H]1C)C[C@H](O)[C@H]2C(=O)OC(=O)OCC1c2ccccc2-c2ccccc21. The fourth-order valence-corrected chi connectivity index (χ4v) is 13.6. The van der Waals surface area contributed by atoms with Gasteiger partial charge >= 0.3 is 24.2 Å². The van der Waals surface area contributed by atoms with Crippen molar-refractivity contribution in [3.8, 4) is 22.3 Å². The molecule has 3 heterocycles. The Morgan fingerprint density at radius 2 is 1.04 bits per heavy atom. The average molecular weight is 1370 g/mol. The van der Waals surface area contributed by atoms with E-state index >= 15 is 0 Å². The van der Waals surface area contributed by atoms with E-state index in [1.54, 1.807) is 86.8 Å².